The molecule has 2 saturated heterocycles. The highest BCUT2D eigenvalue weighted by Gasteiger charge is 2.38. The number of aryl methyl sites for hydroxylation is 2. The lowest BCUT2D eigenvalue weighted by molar-refractivity contribution is -0.137. The first-order chi connectivity index (χ1) is 18.6. The van der Waals surface area contributed by atoms with E-state index in [4.69, 9.17) is 0 Å². The molecule has 3 aliphatic rings. The molecule has 3 heterocycles. The molecule has 5 rings (SSSR count). The highest BCUT2D eigenvalue weighted by atomic mass is 79.9. The van der Waals surface area contributed by atoms with E-state index < -0.39 is 10.0 Å². The number of anilines is 2. The van der Waals surface area contributed by atoms with E-state index in [1.54, 1.807) is 11.0 Å². The van der Waals surface area contributed by atoms with Gasteiger partial charge in [0.25, 0.3) is 0 Å². The second kappa shape index (κ2) is 11.2. The highest BCUT2D eigenvalue weighted by molar-refractivity contribution is 9.10. The van der Waals surface area contributed by atoms with Gasteiger partial charge in [0, 0.05) is 68.1 Å². The van der Waals surface area contributed by atoms with Crippen LogP contribution in [0.4, 0.5) is 11.4 Å². The van der Waals surface area contributed by atoms with Crippen molar-refractivity contribution in [2.24, 2.45) is 5.92 Å². The van der Waals surface area contributed by atoms with Crippen LogP contribution in [0.15, 0.2) is 39.7 Å². The zero-order valence-corrected chi connectivity index (χ0v) is 25.4. The van der Waals surface area contributed by atoms with Gasteiger partial charge in [0.2, 0.25) is 21.8 Å². The van der Waals surface area contributed by atoms with Crippen molar-refractivity contribution >= 4 is 49.1 Å². The van der Waals surface area contributed by atoms with E-state index in [1.807, 2.05) is 17.9 Å². The van der Waals surface area contributed by atoms with Crippen LogP contribution in [-0.2, 0) is 26.0 Å². The van der Waals surface area contributed by atoms with Gasteiger partial charge in [-0.3, -0.25) is 9.59 Å². The second-order valence-electron chi connectivity index (χ2n) is 10.9. The molecule has 0 saturated carbocycles. The first-order valence-electron chi connectivity index (χ1n) is 13.8. The minimum Gasteiger partial charge on any atom is -0.368 e. The van der Waals surface area contributed by atoms with Crippen LogP contribution >= 0.6 is 15.9 Å². The number of amides is 2. The number of carbonyl (C=O) groups excluding carboxylic acids is 2. The van der Waals surface area contributed by atoms with Gasteiger partial charge >= 0.3 is 0 Å². The molecule has 3 aliphatic heterocycles. The van der Waals surface area contributed by atoms with E-state index in [1.165, 1.54) is 21.1 Å². The van der Waals surface area contributed by atoms with E-state index in [9.17, 15) is 18.0 Å². The molecular weight excluding hydrogens is 580 g/mol. The monoisotopic (exact) mass is 616 g/mol. The summed E-state index contributed by atoms with van der Waals surface area (Å²) >= 11 is 3.48. The Morgan fingerprint density at radius 3 is 2.44 bits per heavy atom. The number of sulfonamides is 1. The van der Waals surface area contributed by atoms with E-state index in [0.29, 0.717) is 62.0 Å². The maximum absolute atomic E-state index is 13.8. The van der Waals surface area contributed by atoms with Gasteiger partial charge < -0.3 is 14.7 Å². The maximum atomic E-state index is 13.8. The van der Waals surface area contributed by atoms with Crippen molar-refractivity contribution in [2.45, 2.75) is 51.3 Å². The van der Waals surface area contributed by atoms with Gasteiger partial charge in [-0.05, 0) is 83.9 Å². The number of hydrogen-bond donors (Lipinski definition) is 0. The third-order valence-corrected chi connectivity index (χ3v) is 11.1. The van der Waals surface area contributed by atoms with Gasteiger partial charge in [-0.1, -0.05) is 19.1 Å². The topological polar surface area (TPSA) is 81.2 Å². The lowest BCUT2D eigenvalue weighted by Crippen LogP contribution is -2.53. The molecule has 1 atom stereocenters. The van der Waals surface area contributed by atoms with Gasteiger partial charge in [0.15, 0.2) is 0 Å². The Labute approximate surface area is 240 Å². The Morgan fingerprint density at radius 1 is 0.974 bits per heavy atom. The molecule has 0 bridgehead atoms. The van der Waals surface area contributed by atoms with Crippen LogP contribution < -0.4 is 9.80 Å². The van der Waals surface area contributed by atoms with Gasteiger partial charge in [0.05, 0.1) is 10.8 Å². The van der Waals surface area contributed by atoms with Crippen molar-refractivity contribution in [1.82, 2.24) is 9.21 Å². The van der Waals surface area contributed by atoms with E-state index in [2.05, 4.69) is 52.9 Å². The Balaban J connectivity index is 1.28. The van der Waals surface area contributed by atoms with Crippen LogP contribution in [0.5, 0.6) is 0 Å². The average molecular weight is 618 g/mol. The molecule has 39 heavy (non-hydrogen) atoms. The van der Waals surface area contributed by atoms with Crippen LogP contribution in [-0.4, -0.2) is 75.3 Å². The first-order valence-corrected chi connectivity index (χ1v) is 16.1. The van der Waals surface area contributed by atoms with Crippen molar-refractivity contribution in [3.63, 3.8) is 0 Å². The maximum Gasteiger partial charge on any atom is 0.244 e. The number of piperazine rings is 1. The summed E-state index contributed by atoms with van der Waals surface area (Å²) in [6.07, 6.45) is 2.40. The SMILES string of the molecule is CCC(=O)N1CCc2cc(Br)c(S(=O)(=O)N3CCCC(C(=O)N4CCN(c5cc(C)ccc5C)CC4)C3)cc21. The Bertz CT molecular complexity index is 1390. The van der Waals surface area contributed by atoms with Gasteiger partial charge in [-0.2, -0.15) is 4.31 Å². The molecule has 0 spiro atoms. The zero-order valence-electron chi connectivity index (χ0n) is 23.0. The van der Waals surface area contributed by atoms with E-state index in [0.717, 1.165) is 18.7 Å². The Morgan fingerprint density at radius 2 is 1.72 bits per heavy atom. The minimum absolute atomic E-state index is 0.0132. The minimum atomic E-state index is -3.85. The van der Waals surface area contributed by atoms with Crippen LogP contribution in [0.1, 0.15) is 42.9 Å². The van der Waals surface area contributed by atoms with Crippen LogP contribution in [0.2, 0.25) is 0 Å². The molecule has 2 aromatic rings. The number of rotatable bonds is 5. The molecule has 8 nitrogen and oxygen atoms in total. The number of halogens is 1. The number of benzene rings is 2. The largest absolute Gasteiger partial charge is 0.368 e. The van der Waals surface area contributed by atoms with Crippen molar-refractivity contribution in [3.8, 4) is 0 Å². The summed E-state index contributed by atoms with van der Waals surface area (Å²) in [5.41, 5.74) is 5.31. The average Bonchev–Trinajstić information content (AvgIpc) is 3.36. The zero-order chi connectivity index (χ0) is 27.9. The first kappa shape index (κ1) is 28.1. The fourth-order valence-electron chi connectivity index (χ4n) is 6.02. The molecule has 0 radical (unpaired) electrons. The molecular formula is C29H37BrN4O4S. The summed E-state index contributed by atoms with van der Waals surface area (Å²) in [5.74, 6) is -0.323. The standard InChI is InChI=1S/C29H37BrN4O4S/c1-4-28(35)34-11-9-22-17-24(30)27(18-26(22)34)39(37,38)33-10-5-6-23(19-33)29(36)32-14-12-31(13-15-32)25-16-20(2)7-8-21(25)3/h7-8,16-18,23H,4-6,9-15,19H2,1-3H3. The number of piperidine rings is 1. The van der Waals surface area contributed by atoms with E-state index in [-0.39, 0.29) is 29.2 Å². The Hall–Kier alpha value is -2.43. The fraction of sp³-hybridized carbons (Fsp3) is 0.517. The summed E-state index contributed by atoms with van der Waals surface area (Å²) in [4.78, 5) is 32.0. The second-order valence-corrected chi connectivity index (χ2v) is 13.6. The molecule has 2 amide bonds. The number of fused-ring (bicyclic) bond motifs is 1. The highest BCUT2D eigenvalue weighted by Crippen LogP contribution is 2.38. The lowest BCUT2D eigenvalue weighted by Gasteiger charge is -2.40. The molecule has 10 heteroatoms. The molecule has 0 N–H and O–H groups in total. The predicted molar refractivity (Wildman–Crippen MR) is 157 cm³/mol. The van der Waals surface area contributed by atoms with Crippen molar-refractivity contribution in [2.75, 3.05) is 55.6 Å². The predicted octanol–water partition coefficient (Wildman–Crippen LogP) is 4.11. The van der Waals surface area contributed by atoms with Gasteiger partial charge in [-0.25, -0.2) is 8.42 Å². The molecule has 0 aromatic heterocycles. The normalized spacial score (nSPS) is 20.3. The molecule has 2 aromatic carbocycles. The van der Waals surface area contributed by atoms with Crippen LogP contribution in [0.25, 0.3) is 0 Å². The van der Waals surface area contributed by atoms with Crippen molar-refractivity contribution in [1.29, 1.82) is 0 Å². The molecule has 2 fully saturated rings. The molecule has 1 unspecified atom stereocenters. The number of nitrogens with zero attached hydrogens (tertiary/aromatic N) is 4. The summed E-state index contributed by atoms with van der Waals surface area (Å²) in [6.45, 7) is 9.93. The number of carbonyl (C=O) groups is 2. The molecule has 0 aliphatic carbocycles. The van der Waals surface area contributed by atoms with Crippen molar-refractivity contribution < 1.29 is 18.0 Å². The summed E-state index contributed by atoms with van der Waals surface area (Å²) in [5, 5.41) is 0. The van der Waals surface area contributed by atoms with Crippen LogP contribution in [0.3, 0.4) is 0 Å². The van der Waals surface area contributed by atoms with Crippen LogP contribution in [0, 0.1) is 19.8 Å². The van der Waals surface area contributed by atoms with Crippen molar-refractivity contribution in [3.05, 3.63) is 51.5 Å². The van der Waals surface area contributed by atoms with E-state index >= 15 is 0 Å². The fourth-order valence-corrected chi connectivity index (χ4v) is 8.62. The smallest absolute Gasteiger partial charge is 0.244 e. The Kier molecular flexibility index (Phi) is 8.08. The third kappa shape index (κ3) is 5.47. The quantitative estimate of drug-likeness (QED) is 0.505. The third-order valence-electron chi connectivity index (χ3n) is 8.28. The summed E-state index contributed by atoms with van der Waals surface area (Å²) < 4.78 is 29.6. The summed E-state index contributed by atoms with van der Waals surface area (Å²) in [7, 11) is -3.85. The molecule has 210 valence electrons. The number of hydrogen-bond acceptors (Lipinski definition) is 5. The lowest BCUT2D eigenvalue weighted by atomic mass is 9.97. The summed E-state index contributed by atoms with van der Waals surface area (Å²) in [6, 6.07) is 9.91. The van der Waals surface area contributed by atoms with Gasteiger partial charge in [-0.15, -0.1) is 0 Å². The van der Waals surface area contributed by atoms with Gasteiger partial charge in [0.1, 0.15) is 0 Å².